The second-order valence-electron chi connectivity index (χ2n) is 5.16. The minimum Gasteiger partial charge on any atom is -0.465 e. The predicted molar refractivity (Wildman–Crippen MR) is 84.3 cm³/mol. The molecule has 2 rings (SSSR count). The summed E-state index contributed by atoms with van der Waals surface area (Å²) in [6, 6.07) is 5.07. The molecular formula is C16H18Cl2O4. The third kappa shape index (κ3) is 4.22. The van der Waals surface area contributed by atoms with Crippen LogP contribution in [0.2, 0.25) is 10.0 Å². The highest BCUT2D eigenvalue weighted by molar-refractivity contribution is 6.42. The number of ether oxygens (including phenoxy) is 2. The van der Waals surface area contributed by atoms with Gasteiger partial charge in [-0.2, -0.15) is 0 Å². The Labute approximate surface area is 139 Å². The molecule has 0 spiro atoms. The summed E-state index contributed by atoms with van der Waals surface area (Å²) in [5, 5.41) is 0.829. The Morgan fingerprint density at radius 3 is 2.73 bits per heavy atom. The maximum absolute atomic E-state index is 12.5. The van der Waals surface area contributed by atoms with Gasteiger partial charge in [0.25, 0.3) is 0 Å². The van der Waals surface area contributed by atoms with E-state index < -0.39 is 18.0 Å². The lowest BCUT2D eigenvalue weighted by Gasteiger charge is -2.18. The summed E-state index contributed by atoms with van der Waals surface area (Å²) in [6.07, 6.45) is 1.20. The molecule has 0 N–H and O–H groups in total. The summed E-state index contributed by atoms with van der Waals surface area (Å²) >= 11 is 11.9. The molecule has 0 radical (unpaired) electrons. The fraction of sp³-hybridized carbons (Fsp3) is 0.500. The first-order chi connectivity index (χ1) is 10.5. The summed E-state index contributed by atoms with van der Waals surface area (Å²) in [4.78, 5) is 24.7. The van der Waals surface area contributed by atoms with Gasteiger partial charge in [-0.05, 0) is 43.9 Å². The molecule has 0 aromatic heterocycles. The van der Waals surface area contributed by atoms with Gasteiger partial charge in [0, 0.05) is 6.61 Å². The number of hydrogen-bond donors (Lipinski definition) is 0. The first-order valence-electron chi connectivity index (χ1n) is 7.28. The molecule has 22 heavy (non-hydrogen) atoms. The molecule has 120 valence electrons. The molecule has 1 aromatic carbocycles. The van der Waals surface area contributed by atoms with Gasteiger partial charge in [0.15, 0.2) is 5.78 Å². The van der Waals surface area contributed by atoms with E-state index in [0.717, 1.165) is 12.0 Å². The van der Waals surface area contributed by atoms with E-state index in [0.29, 0.717) is 23.1 Å². The lowest BCUT2D eigenvalue weighted by atomic mass is 9.91. The smallest absolute Gasteiger partial charge is 0.316 e. The van der Waals surface area contributed by atoms with Crippen LogP contribution in [0.3, 0.4) is 0 Å². The minimum atomic E-state index is -0.875. The van der Waals surface area contributed by atoms with Gasteiger partial charge in [-0.1, -0.05) is 29.3 Å². The number of ketones is 1. The SMILES string of the molecule is CCOC(=O)C(Cc1ccc(Cl)c(Cl)c1)C(=O)C1CCCO1. The van der Waals surface area contributed by atoms with Crippen LogP contribution in [0.5, 0.6) is 0 Å². The van der Waals surface area contributed by atoms with E-state index in [2.05, 4.69) is 0 Å². The molecule has 0 amide bonds. The third-order valence-electron chi connectivity index (χ3n) is 3.59. The van der Waals surface area contributed by atoms with Gasteiger partial charge in [0.2, 0.25) is 0 Å². The van der Waals surface area contributed by atoms with Crippen molar-refractivity contribution in [3.63, 3.8) is 0 Å². The Kier molecular flexibility index (Phi) is 6.24. The van der Waals surface area contributed by atoms with Crippen molar-refractivity contribution >= 4 is 35.0 Å². The maximum atomic E-state index is 12.5. The summed E-state index contributed by atoms with van der Waals surface area (Å²) in [7, 11) is 0. The average molecular weight is 345 g/mol. The van der Waals surface area contributed by atoms with Crippen LogP contribution in [0.4, 0.5) is 0 Å². The van der Waals surface area contributed by atoms with Crippen molar-refractivity contribution in [3.8, 4) is 0 Å². The molecule has 1 aromatic rings. The van der Waals surface area contributed by atoms with Gasteiger partial charge in [0.1, 0.15) is 12.0 Å². The van der Waals surface area contributed by atoms with E-state index in [1.165, 1.54) is 0 Å². The highest BCUT2D eigenvalue weighted by atomic mass is 35.5. The first kappa shape index (κ1) is 17.3. The van der Waals surface area contributed by atoms with Gasteiger partial charge in [0.05, 0.1) is 16.7 Å². The average Bonchev–Trinajstić information content (AvgIpc) is 3.02. The number of halogens is 2. The van der Waals surface area contributed by atoms with Gasteiger partial charge in [-0.15, -0.1) is 0 Å². The molecule has 1 heterocycles. The van der Waals surface area contributed by atoms with Crippen LogP contribution in [-0.2, 0) is 25.5 Å². The monoisotopic (exact) mass is 344 g/mol. The lowest BCUT2D eigenvalue weighted by molar-refractivity contribution is -0.154. The van der Waals surface area contributed by atoms with Crippen LogP contribution in [0.1, 0.15) is 25.3 Å². The van der Waals surface area contributed by atoms with E-state index in [1.807, 2.05) is 0 Å². The molecule has 1 saturated heterocycles. The highest BCUT2D eigenvalue weighted by Gasteiger charge is 2.35. The number of hydrogen-bond acceptors (Lipinski definition) is 4. The lowest BCUT2D eigenvalue weighted by Crippen LogP contribution is -2.35. The third-order valence-corrected chi connectivity index (χ3v) is 4.32. The molecule has 1 aliphatic rings. The van der Waals surface area contributed by atoms with Crippen LogP contribution in [0.25, 0.3) is 0 Å². The molecule has 1 fully saturated rings. The topological polar surface area (TPSA) is 52.6 Å². The van der Waals surface area contributed by atoms with E-state index in [9.17, 15) is 9.59 Å². The Morgan fingerprint density at radius 1 is 1.36 bits per heavy atom. The van der Waals surface area contributed by atoms with Gasteiger partial charge in [-0.3, -0.25) is 9.59 Å². The fourth-order valence-electron chi connectivity index (χ4n) is 2.47. The Balaban J connectivity index is 2.17. The number of rotatable bonds is 6. The van der Waals surface area contributed by atoms with Crippen molar-refractivity contribution in [2.24, 2.45) is 5.92 Å². The van der Waals surface area contributed by atoms with Crippen molar-refractivity contribution in [1.82, 2.24) is 0 Å². The minimum absolute atomic E-state index is 0.220. The van der Waals surface area contributed by atoms with Crippen LogP contribution >= 0.6 is 23.2 Å². The number of carbonyl (C=O) groups is 2. The van der Waals surface area contributed by atoms with Gasteiger partial charge in [-0.25, -0.2) is 0 Å². The largest absolute Gasteiger partial charge is 0.465 e. The zero-order chi connectivity index (χ0) is 16.1. The molecular weight excluding hydrogens is 327 g/mol. The fourth-order valence-corrected chi connectivity index (χ4v) is 2.79. The maximum Gasteiger partial charge on any atom is 0.316 e. The Bertz CT molecular complexity index is 553. The van der Waals surface area contributed by atoms with E-state index >= 15 is 0 Å². The standard InChI is InChI=1S/C16H18Cl2O4/c1-2-21-16(20)11(15(19)14-4-3-7-22-14)8-10-5-6-12(17)13(18)9-10/h5-6,9,11,14H,2-4,7-8H2,1H3. The van der Waals surface area contributed by atoms with Crippen molar-refractivity contribution in [2.45, 2.75) is 32.3 Å². The van der Waals surface area contributed by atoms with Crippen molar-refractivity contribution in [1.29, 1.82) is 0 Å². The van der Waals surface area contributed by atoms with Crippen molar-refractivity contribution in [3.05, 3.63) is 33.8 Å². The molecule has 0 saturated carbocycles. The van der Waals surface area contributed by atoms with Crippen LogP contribution in [-0.4, -0.2) is 31.1 Å². The summed E-state index contributed by atoms with van der Waals surface area (Å²) in [5.41, 5.74) is 0.763. The first-order valence-corrected chi connectivity index (χ1v) is 8.04. The summed E-state index contributed by atoms with van der Waals surface area (Å²) < 4.78 is 10.4. The second-order valence-corrected chi connectivity index (χ2v) is 5.98. The number of carbonyl (C=O) groups excluding carboxylic acids is 2. The van der Waals surface area contributed by atoms with Crippen LogP contribution in [0, 0.1) is 5.92 Å². The van der Waals surface area contributed by atoms with Gasteiger partial charge < -0.3 is 9.47 Å². The van der Waals surface area contributed by atoms with E-state index in [4.69, 9.17) is 32.7 Å². The predicted octanol–water partition coefficient (Wildman–Crippen LogP) is 3.46. The Hall–Kier alpha value is -1.10. The Morgan fingerprint density at radius 2 is 2.14 bits per heavy atom. The molecule has 4 nitrogen and oxygen atoms in total. The number of esters is 1. The van der Waals surface area contributed by atoms with Gasteiger partial charge >= 0.3 is 5.97 Å². The molecule has 2 atom stereocenters. The molecule has 2 unspecified atom stereocenters. The second kappa shape index (κ2) is 7.95. The van der Waals surface area contributed by atoms with Crippen molar-refractivity contribution < 1.29 is 19.1 Å². The van der Waals surface area contributed by atoms with Crippen molar-refractivity contribution in [2.75, 3.05) is 13.2 Å². The van der Waals surface area contributed by atoms with E-state index in [1.54, 1.807) is 25.1 Å². The molecule has 1 aliphatic heterocycles. The zero-order valence-electron chi connectivity index (χ0n) is 12.3. The van der Waals surface area contributed by atoms with E-state index in [-0.39, 0.29) is 18.8 Å². The summed E-state index contributed by atoms with van der Waals surface area (Å²) in [5.74, 6) is -1.61. The quantitative estimate of drug-likeness (QED) is 0.585. The highest BCUT2D eigenvalue weighted by Crippen LogP contribution is 2.26. The van der Waals surface area contributed by atoms with Crippen LogP contribution in [0.15, 0.2) is 18.2 Å². The zero-order valence-corrected chi connectivity index (χ0v) is 13.8. The molecule has 6 heteroatoms. The number of benzene rings is 1. The molecule has 0 aliphatic carbocycles. The normalized spacial score (nSPS) is 19.0. The molecule has 0 bridgehead atoms. The summed E-state index contributed by atoms with van der Waals surface area (Å²) in [6.45, 7) is 2.50. The number of Topliss-reactive ketones (excluding diaryl/α,β-unsaturated/α-hetero) is 1. The van der Waals surface area contributed by atoms with Crippen LogP contribution < -0.4 is 0 Å².